The molecule has 25 heavy (non-hydrogen) atoms. The number of fused-ring (bicyclic) bond motifs is 1. The Morgan fingerprint density at radius 2 is 2.16 bits per heavy atom. The minimum Gasteiger partial charge on any atom is -0.342 e. The topological polar surface area (TPSA) is 78.5 Å². The largest absolute Gasteiger partial charge is 0.342 e. The lowest BCUT2D eigenvalue weighted by Gasteiger charge is -2.25. The second-order valence-corrected chi connectivity index (χ2v) is 7.51. The average molecular weight is 364 g/mol. The smallest absolute Gasteiger partial charge is 0.322 e. The lowest BCUT2D eigenvalue weighted by atomic mass is 9.95. The van der Waals surface area contributed by atoms with E-state index in [4.69, 9.17) is 11.6 Å². The summed E-state index contributed by atoms with van der Waals surface area (Å²) in [4.78, 5) is 37.7. The Kier molecular flexibility index (Phi) is 4.73. The fourth-order valence-corrected chi connectivity index (χ4v) is 3.71. The molecule has 2 aliphatic heterocycles. The molecule has 7 heteroatoms. The number of nitrogens with one attached hydrogen (secondary N) is 2. The van der Waals surface area contributed by atoms with Crippen molar-refractivity contribution >= 4 is 29.4 Å². The van der Waals surface area contributed by atoms with Crippen LogP contribution in [-0.4, -0.2) is 41.4 Å². The molecule has 0 spiro atoms. The number of carbonyl (C=O) groups excluding carboxylic acids is 3. The predicted molar refractivity (Wildman–Crippen MR) is 94.5 cm³/mol. The van der Waals surface area contributed by atoms with Crippen LogP contribution in [0.4, 0.5) is 4.79 Å². The molecule has 3 rings (SSSR count). The van der Waals surface area contributed by atoms with Gasteiger partial charge in [-0.05, 0) is 48.9 Å². The Morgan fingerprint density at radius 1 is 1.40 bits per heavy atom. The SMILES string of the molecule is C[C@H]1CN(C(=O)CC[C@@]2(C)NC(=O)NC2=O)CCc2ccc(Cl)cc21. The van der Waals surface area contributed by atoms with Gasteiger partial charge in [-0.15, -0.1) is 0 Å². The summed E-state index contributed by atoms with van der Waals surface area (Å²) < 4.78 is 0. The van der Waals surface area contributed by atoms with Gasteiger partial charge in [0.05, 0.1) is 0 Å². The lowest BCUT2D eigenvalue weighted by Crippen LogP contribution is -2.45. The fraction of sp³-hybridized carbons (Fsp3) is 0.500. The molecule has 134 valence electrons. The van der Waals surface area contributed by atoms with Crippen molar-refractivity contribution in [2.45, 2.75) is 44.6 Å². The van der Waals surface area contributed by atoms with Crippen LogP contribution in [-0.2, 0) is 16.0 Å². The number of halogens is 1. The molecule has 0 bridgehead atoms. The minimum absolute atomic E-state index is 0.000858. The van der Waals surface area contributed by atoms with Gasteiger partial charge in [-0.3, -0.25) is 14.9 Å². The zero-order chi connectivity index (χ0) is 18.2. The van der Waals surface area contributed by atoms with E-state index in [1.807, 2.05) is 23.1 Å². The second-order valence-electron chi connectivity index (χ2n) is 7.07. The first kappa shape index (κ1) is 17.7. The highest BCUT2D eigenvalue weighted by molar-refractivity contribution is 6.30. The summed E-state index contributed by atoms with van der Waals surface area (Å²) in [7, 11) is 0. The summed E-state index contributed by atoms with van der Waals surface area (Å²) in [5, 5.41) is 5.52. The fourth-order valence-electron chi connectivity index (χ4n) is 3.53. The number of imide groups is 1. The highest BCUT2D eigenvalue weighted by Gasteiger charge is 2.42. The summed E-state index contributed by atoms with van der Waals surface area (Å²) in [6, 6.07) is 5.39. The zero-order valence-corrected chi connectivity index (χ0v) is 15.2. The molecule has 1 aromatic carbocycles. The van der Waals surface area contributed by atoms with E-state index >= 15 is 0 Å². The van der Waals surface area contributed by atoms with Crippen molar-refractivity contribution in [3.05, 3.63) is 34.3 Å². The van der Waals surface area contributed by atoms with E-state index in [0.717, 1.165) is 6.42 Å². The molecule has 1 fully saturated rings. The van der Waals surface area contributed by atoms with Gasteiger partial charge in [-0.2, -0.15) is 0 Å². The summed E-state index contributed by atoms with van der Waals surface area (Å²) in [6.45, 7) is 5.00. The van der Waals surface area contributed by atoms with Crippen molar-refractivity contribution in [2.24, 2.45) is 0 Å². The maximum atomic E-state index is 12.7. The predicted octanol–water partition coefficient (Wildman–Crippen LogP) is 2.21. The molecule has 0 saturated carbocycles. The molecular formula is C18H22ClN3O3. The first-order valence-corrected chi connectivity index (χ1v) is 8.86. The van der Waals surface area contributed by atoms with Gasteiger partial charge in [0.15, 0.2) is 0 Å². The third-order valence-corrected chi connectivity index (χ3v) is 5.33. The van der Waals surface area contributed by atoms with Crippen LogP contribution in [0.1, 0.15) is 43.7 Å². The van der Waals surface area contributed by atoms with Crippen LogP contribution in [0.2, 0.25) is 5.02 Å². The van der Waals surface area contributed by atoms with Gasteiger partial charge < -0.3 is 10.2 Å². The normalized spacial score (nSPS) is 25.9. The second kappa shape index (κ2) is 6.67. The Labute approximate surface area is 151 Å². The van der Waals surface area contributed by atoms with Gasteiger partial charge in [0.25, 0.3) is 5.91 Å². The summed E-state index contributed by atoms with van der Waals surface area (Å²) in [5.74, 6) is -0.178. The van der Waals surface area contributed by atoms with E-state index in [1.165, 1.54) is 11.1 Å². The molecule has 0 aromatic heterocycles. The maximum absolute atomic E-state index is 12.7. The number of rotatable bonds is 3. The third kappa shape index (κ3) is 3.63. The Balaban J connectivity index is 1.64. The number of urea groups is 1. The molecule has 1 saturated heterocycles. The number of amides is 4. The van der Waals surface area contributed by atoms with Crippen molar-refractivity contribution in [1.82, 2.24) is 15.5 Å². The number of benzene rings is 1. The monoisotopic (exact) mass is 363 g/mol. The molecule has 0 aliphatic carbocycles. The molecule has 6 nitrogen and oxygen atoms in total. The highest BCUT2D eigenvalue weighted by Crippen LogP contribution is 2.28. The number of hydrogen-bond acceptors (Lipinski definition) is 3. The van der Waals surface area contributed by atoms with Crippen LogP contribution in [0.15, 0.2) is 18.2 Å². The number of hydrogen-bond donors (Lipinski definition) is 2. The first-order valence-electron chi connectivity index (χ1n) is 8.48. The van der Waals surface area contributed by atoms with E-state index in [9.17, 15) is 14.4 Å². The molecule has 1 aromatic rings. The Morgan fingerprint density at radius 3 is 2.84 bits per heavy atom. The van der Waals surface area contributed by atoms with Gasteiger partial charge in [0.1, 0.15) is 5.54 Å². The van der Waals surface area contributed by atoms with E-state index in [0.29, 0.717) is 18.1 Å². The molecule has 2 aliphatic rings. The zero-order valence-electron chi connectivity index (χ0n) is 14.4. The molecule has 2 N–H and O–H groups in total. The summed E-state index contributed by atoms with van der Waals surface area (Å²) in [6.07, 6.45) is 1.29. The van der Waals surface area contributed by atoms with Crippen LogP contribution in [0.3, 0.4) is 0 Å². The van der Waals surface area contributed by atoms with Gasteiger partial charge in [0.2, 0.25) is 5.91 Å². The third-order valence-electron chi connectivity index (χ3n) is 5.09. The van der Waals surface area contributed by atoms with Crippen LogP contribution < -0.4 is 10.6 Å². The molecule has 0 radical (unpaired) electrons. The quantitative estimate of drug-likeness (QED) is 0.808. The minimum atomic E-state index is -1.01. The average Bonchev–Trinajstić information content (AvgIpc) is 2.71. The van der Waals surface area contributed by atoms with Crippen molar-refractivity contribution in [3.8, 4) is 0 Å². The van der Waals surface area contributed by atoms with E-state index in [1.54, 1.807) is 6.92 Å². The first-order chi connectivity index (χ1) is 11.8. The molecule has 2 heterocycles. The number of nitrogens with zero attached hydrogens (tertiary/aromatic N) is 1. The molecule has 2 atom stereocenters. The van der Waals surface area contributed by atoms with E-state index < -0.39 is 11.6 Å². The molecule has 0 unspecified atom stereocenters. The highest BCUT2D eigenvalue weighted by atomic mass is 35.5. The molecular weight excluding hydrogens is 342 g/mol. The number of carbonyl (C=O) groups is 3. The van der Waals surface area contributed by atoms with Crippen LogP contribution in [0, 0.1) is 0 Å². The van der Waals surface area contributed by atoms with Crippen molar-refractivity contribution in [3.63, 3.8) is 0 Å². The van der Waals surface area contributed by atoms with Gasteiger partial charge in [-0.1, -0.05) is 24.6 Å². The van der Waals surface area contributed by atoms with Gasteiger partial charge in [0, 0.05) is 24.5 Å². The molecule has 4 amide bonds. The van der Waals surface area contributed by atoms with Crippen LogP contribution in [0.5, 0.6) is 0 Å². The van der Waals surface area contributed by atoms with Crippen LogP contribution in [0.25, 0.3) is 0 Å². The van der Waals surface area contributed by atoms with Crippen molar-refractivity contribution in [2.75, 3.05) is 13.1 Å². The standard InChI is InChI=1S/C18H22ClN3O3/c1-11-10-22(8-6-12-3-4-13(19)9-14(11)12)15(23)5-7-18(2)16(24)20-17(25)21-18/h3-4,9,11H,5-8,10H2,1-2H3,(H2,20,21,24,25)/t11-,18+/m0/s1. The Bertz CT molecular complexity index is 736. The van der Waals surface area contributed by atoms with Gasteiger partial charge >= 0.3 is 6.03 Å². The van der Waals surface area contributed by atoms with Crippen LogP contribution >= 0.6 is 11.6 Å². The summed E-state index contributed by atoms with van der Waals surface area (Å²) >= 11 is 6.10. The van der Waals surface area contributed by atoms with E-state index in [2.05, 4.69) is 17.6 Å². The van der Waals surface area contributed by atoms with E-state index in [-0.39, 0.29) is 30.6 Å². The van der Waals surface area contributed by atoms with Gasteiger partial charge in [-0.25, -0.2) is 4.79 Å². The summed E-state index contributed by atoms with van der Waals surface area (Å²) in [5.41, 5.74) is 1.40. The lowest BCUT2D eigenvalue weighted by molar-refractivity contribution is -0.132. The van der Waals surface area contributed by atoms with Crippen molar-refractivity contribution < 1.29 is 14.4 Å². The van der Waals surface area contributed by atoms with Crippen molar-refractivity contribution in [1.29, 1.82) is 0 Å². The Hall–Kier alpha value is -2.08. The maximum Gasteiger partial charge on any atom is 0.322 e.